The van der Waals surface area contributed by atoms with Gasteiger partial charge >= 0.3 is 0 Å². The molecular weight excluding hydrogens is 721 g/mol. The van der Waals surface area contributed by atoms with Gasteiger partial charge in [-0.05, 0) is 94.4 Å². The summed E-state index contributed by atoms with van der Waals surface area (Å²) in [7, 11) is 0. The molecule has 5 aliphatic carbocycles. The number of fused-ring (bicyclic) bond motifs is 4. The maximum Gasteiger partial charge on any atom is 0.0155 e. The Morgan fingerprint density at radius 1 is 0.800 bits per heavy atom. The average Bonchev–Trinajstić information content (AvgIpc) is 3.51. The fourth-order valence-electron chi connectivity index (χ4n) is 9.05. The molecule has 0 amide bonds. The van der Waals surface area contributed by atoms with Crippen LogP contribution >= 0.6 is 0 Å². The lowest BCUT2D eigenvalue weighted by molar-refractivity contribution is 0.590. The monoisotopic (exact) mass is 789 g/mol. The summed E-state index contributed by atoms with van der Waals surface area (Å²) in [4.78, 5) is 0. The maximum atomic E-state index is 4.19. The molecule has 0 spiro atoms. The number of allylic oxidation sites excluding steroid dienone is 22. The third-order valence-corrected chi connectivity index (χ3v) is 12.3. The van der Waals surface area contributed by atoms with Gasteiger partial charge in [-0.1, -0.05) is 236 Å². The van der Waals surface area contributed by atoms with E-state index in [0.717, 1.165) is 19.3 Å². The molecule has 0 fully saturated rings. The fraction of sp³-hybridized carbons (Fsp3) is 0.267. The first-order valence-electron chi connectivity index (χ1n) is 22.2. The third kappa shape index (κ3) is 10.3. The summed E-state index contributed by atoms with van der Waals surface area (Å²) in [5.41, 5.74) is 17.9. The number of rotatable bonds is 9. The molecule has 0 N–H and O–H groups in total. The van der Waals surface area contributed by atoms with E-state index < -0.39 is 0 Å². The number of aryl methyl sites for hydroxylation is 2. The zero-order valence-electron chi connectivity index (χ0n) is 37.6. The predicted octanol–water partition coefficient (Wildman–Crippen LogP) is 16.8. The smallest absolute Gasteiger partial charge is 0.0155 e. The highest BCUT2D eigenvalue weighted by Gasteiger charge is 2.41. The molecule has 0 saturated heterocycles. The van der Waals surface area contributed by atoms with E-state index >= 15 is 0 Å². The second-order valence-corrected chi connectivity index (χ2v) is 16.6. The number of hydrogen-bond acceptors (Lipinski definition) is 0. The molecule has 5 aliphatic rings. The maximum absolute atomic E-state index is 4.19. The molecule has 0 bridgehead atoms. The van der Waals surface area contributed by atoms with Gasteiger partial charge < -0.3 is 0 Å². The van der Waals surface area contributed by atoms with Gasteiger partial charge in [-0.2, -0.15) is 0 Å². The van der Waals surface area contributed by atoms with E-state index in [2.05, 4.69) is 207 Å². The summed E-state index contributed by atoms with van der Waals surface area (Å²) in [5, 5.41) is 0. The van der Waals surface area contributed by atoms with Crippen molar-refractivity contribution in [1.82, 2.24) is 0 Å². The molecule has 0 aliphatic heterocycles. The van der Waals surface area contributed by atoms with Crippen molar-refractivity contribution in [1.29, 1.82) is 0 Å². The summed E-state index contributed by atoms with van der Waals surface area (Å²) < 4.78 is 0. The standard InChI is InChI=1S/C30H30.C19H18.C9H14.C2H6/c1-6-22-23(7-2)27(17-20-10-8-9-11-24(20)22)21-13-15-26-25-14-12-19(3)16-28(25)30(4,5)29(26)18-21;1-15-7-9-17(10-8-15)19-13-11-18(12-14-19)16-5-3-2-4-6-16;1-4-7-9(6-3)8-5-2;1-2/h6-12,14-18,21-22,24H,1-2,13H2,3-5H3;2-13,19H,14H2,1H3;4,6-7H,1,3,5,8H2,2H3;1-2H3/b;;9-7+;. The normalized spacial score (nSPS) is 21.6. The van der Waals surface area contributed by atoms with Gasteiger partial charge in [0.15, 0.2) is 0 Å². The second kappa shape index (κ2) is 21.5. The molecule has 60 heavy (non-hydrogen) atoms. The molecule has 8 rings (SSSR count). The van der Waals surface area contributed by atoms with Crippen molar-refractivity contribution in [2.24, 2.45) is 17.8 Å². The van der Waals surface area contributed by atoms with E-state index in [-0.39, 0.29) is 5.41 Å². The summed E-state index contributed by atoms with van der Waals surface area (Å²) >= 11 is 0. The average molecular weight is 789 g/mol. The van der Waals surface area contributed by atoms with Crippen LogP contribution in [0.2, 0.25) is 0 Å². The first-order chi connectivity index (χ1) is 29.1. The predicted molar refractivity (Wildman–Crippen MR) is 266 cm³/mol. The van der Waals surface area contributed by atoms with Crippen molar-refractivity contribution in [3.63, 3.8) is 0 Å². The Labute approximate surface area is 364 Å². The van der Waals surface area contributed by atoms with Crippen LogP contribution in [0.1, 0.15) is 99.6 Å². The van der Waals surface area contributed by atoms with Crippen molar-refractivity contribution < 1.29 is 0 Å². The lowest BCUT2D eigenvalue weighted by Crippen LogP contribution is -2.24. The van der Waals surface area contributed by atoms with Gasteiger partial charge in [0, 0.05) is 29.1 Å². The summed E-state index contributed by atoms with van der Waals surface area (Å²) in [6.07, 6.45) is 37.5. The first kappa shape index (κ1) is 45.4. The summed E-state index contributed by atoms with van der Waals surface area (Å²) in [5.74, 6) is 1.57. The largest absolute Gasteiger partial charge is 0.102 e. The van der Waals surface area contributed by atoms with E-state index in [9.17, 15) is 0 Å². The Kier molecular flexibility index (Phi) is 16.3. The van der Waals surface area contributed by atoms with E-state index in [1.54, 1.807) is 6.08 Å². The van der Waals surface area contributed by atoms with Crippen LogP contribution in [0.25, 0.3) is 11.1 Å². The van der Waals surface area contributed by atoms with Gasteiger partial charge in [-0.25, -0.2) is 0 Å². The van der Waals surface area contributed by atoms with Crippen molar-refractivity contribution in [3.05, 3.63) is 251 Å². The molecule has 4 unspecified atom stereocenters. The molecule has 3 aromatic rings. The third-order valence-electron chi connectivity index (χ3n) is 12.3. The molecule has 0 heteroatoms. The molecule has 0 radical (unpaired) electrons. The van der Waals surface area contributed by atoms with Crippen LogP contribution in [-0.2, 0) is 5.41 Å². The lowest BCUT2D eigenvalue weighted by Gasteiger charge is -2.35. The SMILES string of the molecule is C=C/C=C(\C=C)CCC.C=CC1=C(C2C=C3C(=CC2)c2ccc(C)cc2C3(C)C)C=C2C=CC=CC2C1C=C.CC.Cc1ccc(C2C=CC(c3ccccc3)=CC2)cc1. The van der Waals surface area contributed by atoms with Crippen molar-refractivity contribution in [3.8, 4) is 0 Å². The van der Waals surface area contributed by atoms with Crippen LogP contribution in [-0.4, -0.2) is 0 Å². The topological polar surface area (TPSA) is 0 Å². The quantitative estimate of drug-likeness (QED) is 0.150. The van der Waals surface area contributed by atoms with Gasteiger partial charge in [0.2, 0.25) is 0 Å². The van der Waals surface area contributed by atoms with Crippen LogP contribution in [0, 0.1) is 31.6 Å². The Bertz CT molecular complexity index is 2290. The molecule has 0 nitrogen and oxygen atoms in total. The minimum absolute atomic E-state index is 0.0381. The molecular formula is C60H68. The van der Waals surface area contributed by atoms with E-state index in [1.807, 2.05) is 26.0 Å². The zero-order chi connectivity index (χ0) is 43.2. The Morgan fingerprint density at radius 2 is 1.52 bits per heavy atom. The first-order valence-corrected chi connectivity index (χ1v) is 22.2. The molecule has 0 aromatic heterocycles. The van der Waals surface area contributed by atoms with E-state index in [4.69, 9.17) is 0 Å². The van der Waals surface area contributed by atoms with Gasteiger partial charge in [0.1, 0.15) is 0 Å². The minimum Gasteiger partial charge on any atom is -0.102 e. The van der Waals surface area contributed by atoms with Crippen molar-refractivity contribution in [2.45, 2.75) is 85.5 Å². The van der Waals surface area contributed by atoms with Crippen LogP contribution in [0.3, 0.4) is 0 Å². The number of benzene rings is 3. The Balaban J connectivity index is 0.000000194. The van der Waals surface area contributed by atoms with Crippen LogP contribution in [0.4, 0.5) is 0 Å². The number of hydrogen-bond donors (Lipinski definition) is 0. The Hall–Kier alpha value is -5.72. The van der Waals surface area contributed by atoms with Gasteiger partial charge in [-0.3, -0.25) is 0 Å². The van der Waals surface area contributed by atoms with Crippen molar-refractivity contribution >= 4 is 11.1 Å². The van der Waals surface area contributed by atoms with E-state index in [1.165, 1.54) is 78.8 Å². The summed E-state index contributed by atoms with van der Waals surface area (Å²) in [6.45, 7) is 30.9. The highest BCUT2D eigenvalue weighted by Crippen LogP contribution is 2.54. The molecule has 308 valence electrons. The summed E-state index contributed by atoms with van der Waals surface area (Å²) in [6, 6.07) is 26.4. The van der Waals surface area contributed by atoms with E-state index in [0.29, 0.717) is 23.7 Å². The van der Waals surface area contributed by atoms with Crippen LogP contribution in [0.5, 0.6) is 0 Å². The zero-order valence-corrected chi connectivity index (χ0v) is 37.6. The van der Waals surface area contributed by atoms with Gasteiger partial charge in [0.25, 0.3) is 0 Å². The van der Waals surface area contributed by atoms with Gasteiger partial charge in [-0.15, -0.1) is 6.58 Å². The molecule has 0 heterocycles. The second-order valence-electron chi connectivity index (χ2n) is 16.6. The molecule has 4 atom stereocenters. The highest BCUT2D eigenvalue weighted by molar-refractivity contribution is 5.90. The molecule has 3 aromatic carbocycles. The lowest BCUT2D eigenvalue weighted by atomic mass is 9.69. The van der Waals surface area contributed by atoms with Gasteiger partial charge in [0.05, 0.1) is 0 Å². The fourth-order valence-corrected chi connectivity index (χ4v) is 9.05. The van der Waals surface area contributed by atoms with Crippen LogP contribution < -0.4 is 0 Å². The Morgan fingerprint density at radius 3 is 2.15 bits per heavy atom. The van der Waals surface area contributed by atoms with Crippen molar-refractivity contribution in [2.75, 3.05) is 0 Å². The van der Waals surface area contributed by atoms with Crippen LogP contribution in [0.15, 0.2) is 218 Å². The molecule has 0 saturated carbocycles. The minimum atomic E-state index is 0.0381. The highest BCUT2D eigenvalue weighted by atomic mass is 14.4.